The number of aryl methyl sites for hydroxylation is 1. The Labute approximate surface area is 264 Å². The number of thioether (sulfide) groups is 1. The first-order valence-electron chi connectivity index (χ1n) is 15.0. The monoisotopic (exact) mass is 612 g/mol. The second-order valence-electron chi connectivity index (χ2n) is 11.0. The van der Waals surface area contributed by atoms with Crippen molar-refractivity contribution in [1.29, 1.82) is 0 Å². The fourth-order valence-electron chi connectivity index (χ4n) is 5.20. The van der Waals surface area contributed by atoms with Gasteiger partial charge in [-0.15, -0.1) is 11.8 Å². The second-order valence-corrected chi connectivity index (χ2v) is 12.1. The van der Waals surface area contributed by atoms with Crippen LogP contribution in [0.5, 0.6) is 0 Å². The first-order valence-corrected chi connectivity index (χ1v) is 16.0. The molecule has 5 atom stereocenters. The van der Waals surface area contributed by atoms with Gasteiger partial charge in [-0.25, -0.2) is 0 Å². The van der Waals surface area contributed by atoms with Crippen molar-refractivity contribution in [3.8, 4) is 0 Å². The van der Waals surface area contributed by atoms with E-state index in [2.05, 4.69) is 31.2 Å². The SMILES string of the molecule is CC(=O)O[C@H]1O[C@H](COCc2ccccc2)[C@@H](OCc2ccccc2)[C@H](OCc2ccccc2)[C@@H]1CSc1ccc(C)cc1. The third-order valence-corrected chi connectivity index (χ3v) is 8.64. The molecule has 0 bridgehead atoms. The van der Waals surface area contributed by atoms with Gasteiger partial charge in [0.25, 0.3) is 0 Å². The van der Waals surface area contributed by atoms with Crippen LogP contribution in [0.3, 0.4) is 0 Å². The van der Waals surface area contributed by atoms with Gasteiger partial charge in [-0.3, -0.25) is 4.79 Å². The molecule has 5 rings (SSSR count). The Morgan fingerprint density at radius 1 is 0.705 bits per heavy atom. The first kappa shape index (κ1) is 31.9. The molecule has 0 aromatic heterocycles. The van der Waals surface area contributed by atoms with E-state index in [-0.39, 0.29) is 12.5 Å². The second kappa shape index (κ2) is 16.6. The summed E-state index contributed by atoms with van der Waals surface area (Å²) in [6.07, 6.45) is -2.29. The van der Waals surface area contributed by atoms with Crippen molar-refractivity contribution in [2.24, 2.45) is 5.92 Å². The predicted molar refractivity (Wildman–Crippen MR) is 172 cm³/mol. The highest BCUT2D eigenvalue weighted by Gasteiger charge is 2.49. The molecule has 0 radical (unpaired) electrons. The molecule has 0 N–H and O–H groups in total. The number of rotatable bonds is 14. The maximum absolute atomic E-state index is 12.3. The summed E-state index contributed by atoms with van der Waals surface area (Å²) in [5.41, 5.74) is 4.35. The lowest BCUT2D eigenvalue weighted by Gasteiger charge is -2.45. The zero-order valence-corrected chi connectivity index (χ0v) is 26.1. The van der Waals surface area contributed by atoms with Crippen molar-refractivity contribution in [3.05, 3.63) is 138 Å². The minimum Gasteiger partial charge on any atom is -0.435 e. The number of benzene rings is 4. The molecule has 230 valence electrons. The van der Waals surface area contributed by atoms with Crippen LogP contribution in [-0.4, -0.2) is 42.9 Å². The van der Waals surface area contributed by atoms with E-state index in [0.717, 1.165) is 21.6 Å². The van der Waals surface area contributed by atoms with E-state index in [9.17, 15) is 4.79 Å². The minimum atomic E-state index is -0.826. The standard InChI is InChI=1S/C37H40O6S/c1-27-18-20-32(21-19-27)44-26-33-35(40-23-30-14-8-4-9-15-30)36(41-24-31-16-10-5-11-17-31)34(43-37(33)42-28(2)38)25-39-22-29-12-6-3-7-13-29/h3-21,33-37H,22-26H2,1-2H3/t33-,34+,35+,36+,37-/m0/s1. The Kier molecular flexibility index (Phi) is 12.0. The molecule has 0 saturated carbocycles. The highest BCUT2D eigenvalue weighted by atomic mass is 32.2. The van der Waals surface area contributed by atoms with Gasteiger partial charge < -0.3 is 23.7 Å². The smallest absolute Gasteiger partial charge is 0.304 e. The highest BCUT2D eigenvalue weighted by Crippen LogP contribution is 2.36. The Morgan fingerprint density at radius 2 is 1.23 bits per heavy atom. The molecule has 1 heterocycles. The van der Waals surface area contributed by atoms with Crippen molar-refractivity contribution < 1.29 is 28.5 Å². The molecule has 4 aromatic rings. The molecule has 4 aromatic carbocycles. The van der Waals surface area contributed by atoms with Crippen molar-refractivity contribution in [2.45, 2.75) is 63.2 Å². The third-order valence-electron chi connectivity index (χ3n) is 7.48. The summed E-state index contributed by atoms with van der Waals surface area (Å²) in [6.45, 7) is 4.91. The van der Waals surface area contributed by atoms with Crippen molar-refractivity contribution >= 4 is 17.7 Å². The Bertz CT molecular complexity index is 1400. The topological polar surface area (TPSA) is 63.2 Å². The maximum Gasteiger partial charge on any atom is 0.304 e. The van der Waals surface area contributed by atoms with E-state index in [1.807, 2.05) is 91.0 Å². The van der Waals surface area contributed by atoms with E-state index in [1.54, 1.807) is 11.8 Å². The molecule has 1 fully saturated rings. The van der Waals surface area contributed by atoms with Gasteiger partial charge >= 0.3 is 5.97 Å². The Balaban J connectivity index is 1.43. The molecule has 6 nitrogen and oxygen atoms in total. The average molecular weight is 613 g/mol. The van der Waals surface area contributed by atoms with Gasteiger partial charge in [0.2, 0.25) is 6.29 Å². The summed E-state index contributed by atoms with van der Waals surface area (Å²) in [6, 6.07) is 38.5. The molecule has 1 aliphatic heterocycles. The number of ether oxygens (including phenoxy) is 5. The van der Waals surface area contributed by atoms with Crippen molar-refractivity contribution in [2.75, 3.05) is 12.4 Å². The molecule has 0 aliphatic carbocycles. The summed E-state index contributed by atoms with van der Waals surface area (Å²) in [7, 11) is 0. The number of carbonyl (C=O) groups excluding carboxylic acids is 1. The number of carbonyl (C=O) groups is 1. The molecule has 1 aliphatic rings. The Morgan fingerprint density at radius 3 is 1.77 bits per heavy atom. The number of esters is 1. The van der Waals surface area contributed by atoms with Gasteiger partial charge in [0, 0.05) is 17.6 Å². The zero-order valence-electron chi connectivity index (χ0n) is 25.2. The van der Waals surface area contributed by atoms with Crippen LogP contribution >= 0.6 is 11.8 Å². The van der Waals surface area contributed by atoms with E-state index < -0.39 is 30.6 Å². The van der Waals surface area contributed by atoms with E-state index in [1.165, 1.54) is 12.5 Å². The molecule has 7 heteroatoms. The largest absolute Gasteiger partial charge is 0.435 e. The van der Waals surface area contributed by atoms with Crippen LogP contribution in [0.4, 0.5) is 0 Å². The van der Waals surface area contributed by atoms with Crippen LogP contribution in [0.2, 0.25) is 0 Å². The van der Waals surface area contributed by atoms with E-state index in [0.29, 0.717) is 25.6 Å². The number of hydrogen-bond donors (Lipinski definition) is 0. The highest BCUT2D eigenvalue weighted by molar-refractivity contribution is 7.99. The fraction of sp³-hybridized carbons (Fsp3) is 0.324. The lowest BCUT2D eigenvalue weighted by Crippen LogP contribution is -2.59. The van der Waals surface area contributed by atoms with Crippen LogP contribution in [-0.2, 0) is 48.3 Å². The van der Waals surface area contributed by atoms with Gasteiger partial charge in [-0.2, -0.15) is 0 Å². The third kappa shape index (κ3) is 9.52. The molecule has 44 heavy (non-hydrogen) atoms. The van der Waals surface area contributed by atoms with Crippen LogP contribution in [0.25, 0.3) is 0 Å². The van der Waals surface area contributed by atoms with Gasteiger partial charge in [0.15, 0.2) is 0 Å². The zero-order chi connectivity index (χ0) is 30.6. The fourth-order valence-corrected chi connectivity index (χ4v) is 6.26. The average Bonchev–Trinajstić information content (AvgIpc) is 3.05. The van der Waals surface area contributed by atoms with E-state index >= 15 is 0 Å². The summed E-state index contributed by atoms with van der Waals surface area (Å²) in [5.74, 6) is -0.113. The minimum absolute atomic E-state index is 0.245. The summed E-state index contributed by atoms with van der Waals surface area (Å²) in [4.78, 5) is 13.5. The number of hydrogen-bond acceptors (Lipinski definition) is 7. The lowest BCUT2D eigenvalue weighted by molar-refractivity contribution is -0.293. The van der Waals surface area contributed by atoms with Crippen LogP contribution in [0.15, 0.2) is 120 Å². The summed E-state index contributed by atoms with van der Waals surface area (Å²) in [5, 5.41) is 0. The van der Waals surface area contributed by atoms with Gasteiger partial charge in [0.05, 0.1) is 38.4 Å². The summed E-state index contributed by atoms with van der Waals surface area (Å²) >= 11 is 1.69. The molecular weight excluding hydrogens is 572 g/mol. The Hall–Kier alpha value is -3.46. The quantitative estimate of drug-likeness (QED) is 0.109. The van der Waals surface area contributed by atoms with Crippen LogP contribution in [0.1, 0.15) is 29.2 Å². The van der Waals surface area contributed by atoms with Crippen LogP contribution in [0, 0.1) is 12.8 Å². The van der Waals surface area contributed by atoms with Crippen molar-refractivity contribution in [3.63, 3.8) is 0 Å². The van der Waals surface area contributed by atoms with E-state index in [4.69, 9.17) is 23.7 Å². The lowest BCUT2D eigenvalue weighted by atomic mass is 9.91. The van der Waals surface area contributed by atoms with Crippen LogP contribution < -0.4 is 0 Å². The molecule has 0 unspecified atom stereocenters. The molecule has 0 amide bonds. The molecule has 0 spiro atoms. The normalized spacial score (nSPS) is 21.5. The van der Waals surface area contributed by atoms with Gasteiger partial charge in [-0.1, -0.05) is 109 Å². The maximum atomic E-state index is 12.3. The van der Waals surface area contributed by atoms with Gasteiger partial charge in [0.1, 0.15) is 12.2 Å². The predicted octanol–water partition coefficient (Wildman–Crippen LogP) is 7.38. The molecule has 1 saturated heterocycles. The molecular formula is C37H40O6S. The van der Waals surface area contributed by atoms with Gasteiger partial charge in [-0.05, 0) is 35.7 Å². The van der Waals surface area contributed by atoms with Crippen molar-refractivity contribution in [1.82, 2.24) is 0 Å². The first-order chi connectivity index (χ1) is 21.5. The summed E-state index contributed by atoms with van der Waals surface area (Å²) < 4.78 is 32.0.